The summed E-state index contributed by atoms with van der Waals surface area (Å²) < 4.78 is 43.3. The van der Waals surface area contributed by atoms with Crippen molar-refractivity contribution in [2.75, 3.05) is 6.54 Å². The fraction of sp³-hybridized carbons (Fsp3) is 0.357. The second-order valence-electron chi connectivity index (χ2n) is 4.45. The number of halogens is 3. The van der Waals surface area contributed by atoms with Crippen LogP contribution in [0.15, 0.2) is 34.9 Å². The van der Waals surface area contributed by atoms with E-state index in [1.54, 1.807) is 30.3 Å². The van der Waals surface area contributed by atoms with Crippen molar-refractivity contribution < 1.29 is 17.7 Å². The van der Waals surface area contributed by atoms with Crippen LogP contribution >= 0.6 is 0 Å². The largest absolute Gasteiger partial charge is 0.452 e. The van der Waals surface area contributed by atoms with Crippen molar-refractivity contribution in [3.63, 3.8) is 0 Å². The Hall–Kier alpha value is -1.82. The van der Waals surface area contributed by atoms with Crippen LogP contribution in [0.5, 0.6) is 0 Å². The molecule has 0 fully saturated rings. The molecule has 0 saturated heterocycles. The maximum absolute atomic E-state index is 12.9. The summed E-state index contributed by atoms with van der Waals surface area (Å²) in [5.74, 6) is -1.01. The zero-order valence-corrected chi connectivity index (χ0v) is 10.8. The fourth-order valence-corrected chi connectivity index (χ4v) is 2.03. The molecule has 0 unspecified atom stereocenters. The van der Waals surface area contributed by atoms with Gasteiger partial charge in [0, 0.05) is 11.1 Å². The molecule has 1 heterocycles. The van der Waals surface area contributed by atoms with Gasteiger partial charge in [0.25, 0.3) is 0 Å². The van der Waals surface area contributed by atoms with Crippen LogP contribution in [0.1, 0.15) is 24.2 Å². The van der Waals surface area contributed by atoms with E-state index < -0.39 is 11.9 Å². The van der Waals surface area contributed by atoms with Gasteiger partial charge in [-0.2, -0.15) is 13.2 Å². The second-order valence-corrected chi connectivity index (χ2v) is 4.45. The summed E-state index contributed by atoms with van der Waals surface area (Å²) in [7, 11) is 0. The molecule has 0 aliphatic carbocycles. The topological polar surface area (TPSA) is 52.0 Å². The van der Waals surface area contributed by atoms with E-state index in [1.807, 2.05) is 0 Å². The van der Waals surface area contributed by atoms with Crippen LogP contribution in [-0.4, -0.2) is 11.7 Å². The van der Waals surface area contributed by atoms with Crippen molar-refractivity contribution in [1.29, 1.82) is 0 Å². The molecule has 0 radical (unpaired) electrons. The molecule has 0 spiro atoms. The molecule has 0 amide bonds. The Morgan fingerprint density at radius 3 is 2.40 bits per heavy atom. The molecule has 0 aliphatic heterocycles. The number of rotatable bonds is 5. The van der Waals surface area contributed by atoms with E-state index in [4.69, 9.17) is 5.73 Å². The summed E-state index contributed by atoms with van der Waals surface area (Å²) in [5, 5.41) is 3.61. The van der Waals surface area contributed by atoms with Crippen LogP contribution < -0.4 is 5.73 Å². The first-order chi connectivity index (χ1) is 9.54. The van der Waals surface area contributed by atoms with Crippen molar-refractivity contribution in [3.05, 3.63) is 41.7 Å². The Morgan fingerprint density at radius 2 is 1.80 bits per heavy atom. The van der Waals surface area contributed by atoms with E-state index in [0.29, 0.717) is 24.9 Å². The van der Waals surface area contributed by atoms with E-state index >= 15 is 0 Å². The first-order valence-electron chi connectivity index (χ1n) is 6.35. The number of nitrogens with zero attached hydrogens (tertiary/aromatic N) is 1. The second kappa shape index (κ2) is 6.09. The maximum atomic E-state index is 12.9. The number of hydrogen-bond acceptors (Lipinski definition) is 3. The molecule has 0 aliphatic rings. The van der Waals surface area contributed by atoms with Crippen LogP contribution in [-0.2, 0) is 12.6 Å². The number of unbranched alkanes of at least 4 members (excludes halogenated alkanes) is 1. The Morgan fingerprint density at radius 1 is 1.10 bits per heavy atom. The molecule has 0 atom stereocenters. The summed E-state index contributed by atoms with van der Waals surface area (Å²) in [6.07, 6.45) is -3.05. The van der Waals surface area contributed by atoms with Gasteiger partial charge >= 0.3 is 6.18 Å². The summed E-state index contributed by atoms with van der Waals surface area (Å²) in [6, 6.07) is 8.72. The fourth-order valence-electron chi connectivity index (χ4n) is 2.03. The monoisotopic (exact) mass is 284 g/mol. The van der Waals surface area contributed by atoms with E-state index in [1.165, 1.54) is 0 Å². The molecule has 2 rings (SSSR count). The Kier molecular flexibility index (Phi) is 4.44. The predicted octanol–water partition coefficient (Wildman–Crippen LogP) is 3.64. The van der Waals surface area contributed by atoms with Crippen molar-refractivity contribution in [2.24, 2.45) is 5.73 Å². The molecule has 2 N–H and O–H groups in total. The van der Waals surface area contributed by atoms with Gasteiger partial charge in [0.15, 0.2) is 0 Å². The lowest BCUT2D eigenvalue weighted by molar-refractivity contribution is -0.156. The molecule has 0 bridgehead atoms. The predicted molar refractivity (Wildman–Crippen MR) is 68.9 cm³/mol. The van der Waals surface area contributed by atoms with Gasteiger partial charge in [0.1, 0.15) is 5.69 Å². The molecule has 3 nitrogen and oxygen atoms in total. The third-order valence-corrected chi connectivity index (χ3v) is 2.97. The van der Waals surface area contributed by atoms with Gasteiger partial charge in [-0.3, -0.25) is 0 Å². The average Bonchev–Trinajstić information content (AvgIpc) is 2.84. The minimum Gasteiger partial charge on any atom is -0.351 e. The van der Waals surface area contributed by atoms with Gasteiger partial charge < -0.3 is 10.3 Å². The third-order valence-electron chi connectivity index (χ3n) is 2.97. The third kappa shape index (κ3) is 3.19. The van der Waals surface area contributed by atoms with Crippen LogP contribution in [0.2, 0.25) is 0 Å². The minimum atomic E-state index is -4.53. The van der Waals surface area contributed by atoms with Gasteiger partial charge in [-0.25, -0.2) is 0 Å². The molecule has 6 heteroatoms. The molecule has 1 aromatic carbocycles. The Labute approximate surface area is 114 Å². The SMILES string of the molecule is NCCCCc1c(-c2ccccc2)noc1C(F)(F)F. The van der Waals surface area contributed by atoms with E-state index in [2.05, 4.69) is 9.68 Å². The molecule has 2 aromatic rings. The summed E-state index contributed by atoms with van der Waals surface area (Å²) >= 11 is 0. The van der Waals surface area contributed by atoms with Gasteiger partial charge in [0.05, 0.1) is 0 Å². The van der Waals surface area contributed by atoms with Gasteiger partial charge in [-0.15, -0.1) is 0 Å². The van der Waals surface area contributed by atoms with Crippen molar-refractivity contribution in [1.82, 2.24) is 5.16 Å². The van der Waals surface area contributed by atoms with Crippen LogP contribution in [0.4, 0.5) is 13.2 Å². The average molecular weight is 284 g/mol. The van der Waals surface area contributed by atoms with Crippen molar-refractivity contribution in [3.8, 4) is 11.3 Å². The van der Waals surface area contributed by atoms with E-state index in [0.717, 1.165) is 0 Å². The van der Waals surface area contributed by atoms with Gasteiger partial charge in [-0.1, -0.05) is 35.5 Å². The highest BCUT2D eigenvalue weighted by atomic mass is 19.4. The first kappa shape index (κ1) is 14.6. The zero-order valence-electron chi connectivity index (χ0n) is 10.8. The number of aromatic nitrogens is 1. The standard InChI is InChI=1S/C14H15F3N2O/c15-14(16,17)13-11(8-4-5-9-18)12(19-20-13)10-6-2-1-3-7-10/h1-3,6-7H,4-5,8-9,18H2. The zero-order chi connectivity index (χ0) is 14.6. The van der Waals surface area contributed by atoms with Crippen LogP contribution in [0.25, 0.3) is 11.3 Å². The van der Waals surface area contributed by atoms with E-state index in [9.17, 15) is 13.2 Å². The van der Waals surface area contributed by atoms with Crippen molar-refractivity contribution >= 4 is 0 Å². The lowest BCUT2D eigenvalue weighted by Crippen LogP contribution is -2.08. The summed E-state index contributed by atoms with van der Waals surface area (Å²) in [6.45, 7) is 0.452. The van der Waals surface area contributed by atoms with Crippen molar-refractivity contribution in [2.45, 2.75) is 25.4 Å². The molecular weight excluding hydrogens is 269 g/mol. The maximum Gasteiger partial charge on any atom is 0.452 e. The summed E-state index contributed by atoms with van der Waals surface area (Å²) in [5.41, 5.74) is 6.37. The summed E-state index contributed by atoms with van der Waals surface area (Å²) in [4.78, 5) is 0. The number of nitrogens with two attached hydrogens (primary N) is 1. The van der Waals surface area contributed by atoms with Gasteiger partial charge in [-0.05, 0) is 25.8 Å². The highest BCUT2D eigenvalue weighted by Crippen LogP contribution is 2.37. The quantitative estimate of drug-likeness (QED) is 0.853. The molecular formula is C14H15F3N2O. The smallest absolute Gasteiger partial charge is 0.351 e. The Balaban J connectivity index is 2.39. The lowest BCUT2D eigenvalue weighted by atomic mass is 10.0. The molecule has 20 heavy (non-hydrogen) atoms. The normalized spacial score (nSPS) is 11.8. The minimum absolute atomic E-state index is 0.108. The van der Waals surface area contributed by atoms with Gasteiger partial charge in [0.2, 0.25) is 5.76 Å². The first-order valence-corrected chi connectivity index (χ1v) is 6.35. The number of hydrogen-bond donors (Lipinski definition) is 1. The molecule has 108 valence electrons. The molecule has 1 aromatic heterocycles. The highest BCUT2D eigenvalue weighted by Gasteiger charge is 2.40. The van der Waals surface area contributed by atoms with Crippen LogP contribution in [0, 0.1) is 0 Å². The Bertz CT molecular complexity index is 549. The lowest BCUT2D eigenvalue weighted by Gasteiger charge is -2.06. The highest BCUT2D eigenvalue weighted by molar-refractivity contribution is 5.63. The number of alkyl halides is 3. The van der Waals surface area contributed by atoms with E-state index in [-0.39, 0.29) is 17.7 Å². The van der Waals surface area contributed by atoms with Crippen LogP contribution in [0.3, 0.4) is 0 Å². The molecule has 0 saturated carbocycles. The number of benzene rings is 1.